The predicted octanol–water partition coefficient (Wildman–Crippen LogP) is 4.88. The third kappa shape index (κ3) is 3.34. The van der Waals surface area contributed by atoms with Gasteiger partial charge in [0.25, 0.3) is 0 Å². The Balaban J connectivity index is 2.13. The van der Waals surface area contributed by atoms with Crippen LogP contribution in [0.15, 0.2) is 36.4 Å². The first kappa shape index (κ1) is 13.1. The van der Waals surface area contributed by atoms with E-state index >= 15 is 0 Å². The lowest BCUT2D eigenvalue weighted by Crippen LogP contribution is -2.02. The molecule has 0 saturated heterocycles. The number of benzene rings is 2. The molecule has 0 aliphatic carbocycles. The zero-order chi connectivity index (χ0) is 13.1. The van der Waals surface area contributed by atoms with E-state index in [-0.39, 0.29) is 5.69 Å². The highest BCUT2D eigenvalue weighted by molar-refractivity contribution is 6.34. The van der Waals surface area contributed by atoms with Gasteiger partial charge in [0.05, 0.1) is 5.69 Å². The Hall–Kier alpha value is -1.32. The van der Waals surface area contributed by atoms with Crippen molar-refractivity contribution in [3.63, 3.8) is 0 Å². The Morgan fingerprint density at radius 3 is 2.28 bits per heavy atom. The highest BCUT2D eigenvalue weighted by Crippen LogP contribution is 2.21. The van der Waals surface area contributed by atoms with Crippen molar-refractivity contribution < 1.29 is 8.78 Å². The Morgan fingerprint density at radius 2 is 1.61 bits per heavy atom. The molecule has 2 aromatic rings. The van der Waals surface area contributed by atoms with Gasteiger partial charge >= 0.3 is 0 Å². The maximum Gasteiger partial charge on any atom is 0.146 e. The summed E-state index contributed by atoms with van der Waals surface area (Å²) in [7, 11) is 0. The topological polar surface area (TPSA) is 12.0 Å². The molecule has 5 heteroatoms. The van der Waals surface area contributed by atoms with Crippen LogP contribution in [-0.2, 0) is 6.54 Å². The maximum atomic E-state index is 13.3. The highest BCUT2D eigenvalue weighted by atomic mass is 35.5. The molecule has 0 bridgehead atoms. The van der Waals surface area contributed by atoms with Gasteiger partial charge in [-0.1, -0.05) is 23.2 Å². The molecule has 2 aromatic carbocycles. The van der Waals surface area contributed by atoms with Gasteiger partial charge in [-0.05, 0) is 42.0 Å². The molecule has 0 atom stereocenters. The number of hydrogen-bond donors (Lipinski definition) is 1. The van der Waals surface area contributed by atoms with E-state index in [1.165, 1.54) is 0 Å². The van der Waals surface area contributed by atoms with Gasteiger partial charge in [-0.3, -0.25) is 0 Å². The van der Waals surface area contributed by atoms with E-state index < -0.39 is 11.6 Å². The quantitative estimate of drug-likeness (QED) is 0.848. The Labute approximate surface area is 113 Å². The average molecular weight is 288 g/mol. The van der Waals surface area contributed by atoms with Gasteiger partial charge in [0.2, 0.25) is 0 Å². The molecule has 0 aliphatic rings. The summed E-state index contributed by atoms with van der Waals surface area (Å²) in [5.74, 6) is -1.01. The van der Waals surface area contributed by atoms with Gasteiger partial charge < -0.3 is 5.32 Å². The largest absolute Gasteiger partial charge is 0.379 e. The fourth-order valence-corrected chi connectivity index (χ4v) is 2.11. The third-order valence-corrected chi connectivity index (χ3v) is 2.77. The van der Waals surface area contributed by atoms with E-state index in [9.17, 15) is 8.78 Å². The molecule has 0 spiro atoms. The van der Waals surface area contributed by atoms with Crippen LogP contribution in [-0.4, -0.2) is 0 Å². The second kappa shape index (κ2) is 5.55. The van der Waals surface area contributed by atoms with Crippen LogP contribution in [0, 0.1) is 11.6 Å². The normalized spacial score (nSPS) is 10.4. The summed E-state index contributed by atoms with van der Waals surface area (Å²) in [6.07, 6.45) is 0. The first-order valence-electron chi connectivity index (χ1n) is 5.18. The SMILES string of the molecule is Fc1ccc(F)c(NCc2cc(Cl)cc(Cl)c2)c1. The number of anilines is 1. The first-order valence-corrected chi connectivity index (χ1v) is 5.94. The second-order valence-electron chi connectivity index (χ2n) is 3.76. The van der Waals surface area contributed by atoms with Crippen LogP contribution in [0.4, 0.5) is 14.5 Å². The van der Waals surface area contributed by atoms with Crippen molar-refractivity contribution in [2.75, 3.05) is 5.32 Å². The van der Waals surface area contributed by atoms with Crippen molar-refractivity contribution in [3.05, 3.63) is 63.6 Å². The first-order chi connectivity index (χ1) is 8.54. The molecule has 94 valence electrons. The summed E-state index contributed by atoms with van der Waals surface area (Å²) < 4.78 is 26.3. The molecule has 0 aliphatic heterocycles. The third-order valence-electron chi connectivity index (χ3n) is 2.33. The summed E-state index contributed by atoms with van der Waals surface area (Å²) in [6, 6.07) is 8.26. The standard InChI is InChI=1S/C13H9Cl2F2N/c14-9-3-8(4-10(15)5-9)7-18-13-6-11(16)1-2-12(13)17/h1-6,18H,7H2. The maximum absolute atomic E-state index is 13.3. The van der Waals surface area contributed by atoms with Crippen molar-refractivity contribution in [2.45, 2.75) is 6.54 Å². The van der Waals surface area contributed by atoms with Crippen LogP contribution in [0.5, 0.6) is 0 Å². The van der Waals surface area contributed by atoms with Gasteiger partial charge in [0, 0.05) is 16.6 Å². The zero-order valence-corrected chi connectivity index (χ0v) is 10.7. The summed E-state index contributed by atoms with van der Waals surface area (Å²) in [4.78, 5) is 0. The van der Waals surface area contributed by atoms with Gasteiger partial charge in [0.1, 0.15) is 11.6 Å². The molecule has 2 rings (SSSR count). The van der Waals surface area contributed by atoms with E-state index in [1.807, 2.05) is 0 Å². The van der Waals surface area contributed by atoms with Crippen LogP contribution in [0.2, 0.25) is 10.0 Å². The average Bonchev–Trinajstić information content (AvgIpc) is 2.29. The Morgan fingerprint density at radius 1 is 0.944 bits per heavy atom. The molecule has 0 amide bonds. The van der Waals surface area contributed by atoms with Crippen LogP contribution < -0.4 is 5.32 Å². The van der Waals surface area contributed by atoms with Crippen LogP contribution in [0.25, 0.3) is 0 Å². The number of halogens is 4. The minimum absolute atomic E-state index is 0.103. The fraction of sp³-hybridized carbons (Fsp3) is 0.0769. The van der Waals surface area contributed by atoms with Crippen molar-refractivity contribution in [3.8, 4) is 0 Å². The molecule has 0 aromatic heterocycles. The van der Waals surface area contributed by atoms with Crippen molar-refractivity contribution >= 4 is 28.9 Å². The van der Waals surface area contributed by atoms with Gasteiger partial charge in [-0.2, -0.15) is 0 Å². The predicted molar refractivity (Wildman–Crippen MR) is 70.1 cm³/mol. The Bertz CT molecular complexity index is 553. The summed E-state index contributed by atoms with van der Waals surface area (Å²) in [5, 5.41) is 3.79. The highest BCUT2D eigenvalue weighted by Gasteiger charge is 2.04. The molecule has 18 heavy (non-hydrogen) atoms. The molecule has 0 radical (unpaired) electrons. The molecule has 1 nitrogen and oxygen atoms in total. The van der Waals surface area contributed by atoms with E-state index in [2.05, 4.69) is 5.32 Å². The van der Waals surface area contributed by atoms with E-state index in [0.29, 0.717) is 16.6 Å². The summed E-state index contributed by atoms with van der Waals surface area (Å²) in [6.45, 7) is 0.306. The lowest BCUT2D eigenvalue weighted by Gasteiger charge is -2.08. The van der Waals surface area contributed by atoms with E-state index in [0.717, 1.165) is 23.8 Å². The molecular formula is C13H9Cl2F2N. The van der Waals surface area contributed by atoms with E-state index in [4.69, 9.17) is 23.2 Å². The lowest BCUT2D eigenvalue weighted by molar-refractivity contribution is 0.602. The molecule has 1 N–H and O–H groups in total. The van der Waals surface area contributed by atoms with Gasteiger partial charge in [0.15, 0.2) is 0 Å². The number of nitrogens with one attached hydrogen (secondary N) is 1. The summed E-state index contributed by atoms with van der Waals surface area (Å²) >= 11 is 11.7. The fourth-order valence-electron chi connectivity index (χ4n) is 1.54. The van der Waals surface area contributed by atoms with Crippen molar-refractivity contribution in [1.29, 1.82) is 0 Å². The van der Waals surface area contributed by atoms with Gasteiger partial charge in [-0.25, -0.2) is 8.78 Å². The molecular weight excluding hydrogens is 279 g/mol. The minimum atomic E-state index is -0.510. The van der Waals surface area contributed by atoms with Gasteiger partial charge in [-0.15, -0.1) is 0 Å². The summed E-state index contributed by atoms with van der Waals surface area (Å²) in [5.41, 5.74) is 0.891. The molecule has 0 heterocycles. The van der Waals surface area contributed by atoms with Crippen molar-refractivity contribution in [2.24, 2.45) is 0 Å². The second-order valence-corrected chi connectivity index (χ2v) is 4.63. The molecule has 0 unspecified atom stereocenters. The van der Waals surface area contributed by atoms with Crippen LogP contribution in [0.3, 0.4) is 0 Å². The monoisotopic (exact) mass is 287 g/mol. The lowest BCUT2D eigenvalue weighted by atomic mass is 10.2. The molecule has 0 fully saturated rings. The van der Waals surface area contributed by atoms with Crippen molar-refractivity contribution in [1.82, 2.24) is 0 Å². The Kier molecular flexibility index (Phi) is 4.04. The number of rotatable bonds is 3. The van der Waals surface area contributed by atoms with Crippen LogP contribution >= 0.6 is 23.2 Å². The smallest absolute Gasteiger partial charge is 0.146 e. The zero-order valence-electron chi connectivity index (χ0n) is 9.18. The minimum Gasteiger partial charge on any atom is -0.379 e. The molecule has 0 saturated carbocycles. The number of hydrogen-bond acceptors (Lipinski definition) is 1. The van der Waals surface area contributed by atoms with Crippen LogP contribution in [0.1, 0.15) is 5.56 Å². The van der Waals surface area contributed by atoms with E-state index in [1.54, 1.807) is 18.2 Å².